The molecule has 2 aromatic carbocycles. The topological polar surface area (TPSA) is 66.9 Å². The summed E-state index contributed by atoms with van der Waals surface area (Å²) in [4.78, 5) is 12.1. The average Bonchev–Trinajstić information content (AvgIpc) is 3.07. The molecule has 140 valence electrons. The van der Waals surface area contributed by atoms with Crippen LogP contribution in [-0.4, -0.2) is 16.2 Å². The molecule has 1 heterocycles. The first kappa shape index (κ1) is 19.7. The molecule has 8 heteroatoms. The Labute approximate surface area is 171 Å². The van der Waals surface area contributed by atoms with Gasteiger partial charge in [0.1, 0.15) is 5.01 Å². The number of aryl methyl sites for hydroxylation is 2. The van der Waals surface area contributed by atoms with Gasteiger partial charge in [-0.25, -0.2) is 4.79 Å². The molecule has 1 aromatic heterocycles. The fourth-order valence-electron chi connectivity index (χ4n) is 2.30. The summed E-state index contributed by atoms with van der Waals surface area (Å²) in [6.45, 7) is 4.04. The van der Waals surface area contributed by atoms with Crippen LogP contribution in [0.5, 0.6) is 0 Å². The van der Waals surface area contributed by atoms with Gasteiger partial charge in [0, 0.05) is 22.2 Å². The van der Waals surface area contributed by atoms with Crippen molar-refractivity contribution in [1.82, 2.24) is 10.2 Å². The summed E-state index contributed by atoms with van der Waals surface area (Å²) in [7, 11) is 0. The average molecular weight is 419 g/mol. The Morgan fingerprint density at radius 2 is 1.89 bits per heavy atom. The molecule has 2 N–H and O–H groups in total. The van der Waals surface area contributed by atoms with Gasteiger partial charge in [-0.15, -0.1) is 22.0 Å². The van der Waals surface area contributed by atoms with Crippen molar-refractivity contribution in [3.63, 3.8) is 0 Å². The Balaban J connectivity index is 1.49. The van der Waals surface area contributed by atoms with Crippen molar-refractivity contribution < 1.29 is 4.79 Å². The van der Waals surface area contributed by atoms with E-state index in [1.54, 1.807) is 11.8 Å². The van der Waals surface area contributed by atoms with Gasteiger partial charge in [0.15, 0.2) is 0 Å². The predicted molar refractivity (Wildman–Crippen MR) is 115 cm³/mol. The lowest BCUT2D eigenvalue weighted by molar-refractivity contribution is 0.262. The highest BCUT2D eigenvalue weighted by Crippen LogP contribution is 2.25. The third-order valence-electron chi connectivity index (χ3n) is 3.89. The molecule has 0 saturated heterocycles. The number of benzene rings is 2. The number of carbonyl (C=O) groups excluding carboxylic acids is 1. The van der Waals surface area contributed by atoms with Crippen molar-refractivity contribution in [2.24, 2.45) is 0 Å². The van der Waals surface area contributed by atoms with Crippen LogP contribution in [0.2, 0.25) is 5.02 Å². The van der Waals surface area contributed by atoms with E-state index in [9.17, 15) is 4.79 Å². The number of amides is 2. The molecule has 0 unspecified atom stereocenters. The minimum Gasteiger partial charge on any atom is -0.308 e. The molecule has 0 aliphatic rings. The molecule has 0 saturated carbocycles. The number of rotatable bonds is 6. The predicted octanol–water partition coefficient (Wildman–Crippen LogP) is 5.89. The second kappa shape index (κ2) is 9.21. The van der Waals surface area contributed by atoms with Crippen molar-refractivity contribution in [1.29, 1.82) is 0 Å². The maximum absolute atomic E-state index is 12.1. The molecule has 3 rings (SSSR count). The number of hydrogen-bond donors (Lipinski definition) is 2. The van der Waals surface area contributed by atoms with Gasteiger partial charge in [0.2, 0.25) is 5.13 Å². The Bertz CT molecular complexity index is 945. The molecule has 0 aliphatic heterocycles. The Kier molecular flexibility index (Phi) is 6.71. The number of halogens is 1. The lowest BCUT2D eigenvalue weighted by Gasteiger charge is -2.07. The maximum atomic E-state index is 12.1. The largest absolute Gasteiger partial charge is 0.325 e. The first-order valence-electron chi connectivity index (χ1n) is 8.30. The molecule has 27 heavy (non-hydrogen) atoms. The van der Waals surface area contributed by atoms with E-state index in [1.807, 2.05) is 56.3 Å². The van der Waals surface area contributed by atoms with Crippen LogP contribution >= 0.6 is 34.7 Å². The molecule has 0 fully saturated rings. The van der Waals surface area contributed by atoms with E-state index in [2.05, 4.69) is 20.8 Å². The molecule has 5 nitrogen and oxygen atoms in total. The number of carbonyl (C=O) groups is 1. The molecular formula is C19H19ClN4OS2. The third kappa shape index (κ3) is 5.69. The van der Waals surface area contributed by atoms with Crippen molar-refractivity contribution in [2.75, 3.05) is 10.6 Å². The lowest BCUT2D eigenvalue weighted by atomic mass is 10.1. The summed E-state index contributed by atoms with van der Waals surface area (Å²) in [5, 5.41) is 15.8. The van der Waals surface area contributed by atoms with Gasteiger partial charge in [-0.2, -0.15) is 0 Å². The Hall–Kier alpha value is -2.09. The Morgan fingerprint density at radius 1 is 1.07 bits per heavy atom. The van der Waals surface area contributed by atoms with E-state index in [0.29, 0.717) is 10.9 Å². The van der Waals surface area contributed by atoms with Gasteiger partial charge in [0.25, 0.3) is 0 Å². The fourth-order valence-corrected chi connectivity index (χ4v) is 4.41. The zero-order chi connectivity index (χ0) is 19.2. The summed E-state index contributed by atoms with van der Waals surface area (Å²) in [5.74, 6) is 1.51. The monoisotopic (exact) mass is 418 g/mol. The van der Waals surface area contributed by atoms with Crippen molar-refractivity contribution in [3.05, 3.63) is 69.2 Å². The van der Waals surface area contributed by atoms with Gasteiger partial charge in [0.05, 0.1) is 0 Å². The second-order valence-corrected chi connectivity index (χ2v) is 8.42. The number of aromatic nitrogens is 2. The second-order valence-electron chi connectivity index (χ2n) is 5.96. The van der Waals surface area contributed by atoms with E-state index in [-0.39, 0.29) is 6.03 Å². The van der Waals surface area contributed by atoms with Crippen LogP contribution in [0, 0.1) is 13.8 Å². The van der Waals surface area contributed by atoms with Gasteiger partial charge in [-0.3, -0.25) is 5.32 Å². The first-order chi connectivity index (χ1) is 13.0. The summed E-state index contributed by atoms with van der Waals surface area (Å²) in [6.07, 6.45) is 0. The van der Waals surface area contributed by atoms with E-state index in [1.165, 1.54) is 16.9 Å². The summed E-state index contributed by atoms with van der Waals surface area (Å²) < 4.78 is 0. The molecule has 0 radical (unpaired) electrons. The van der Waals surface area contributed by atoms with Crippen molar-refractivity contribution in [2.45, 2.75) is 25.4 Å². The van der Waals surface area contributed by atoms with Gasteiger partial charge in [-0.05, 0) is 48.7 Å². The van der Waals surface area contributed by atoms with Gasteiger partial charge in [-0.1, -0.05) is 47.2 Å². The molecule has 3 aromatic rings. The first-order valence-corrected chi connectivity index (χ1v) is 10.6. The standard InChI is InChI=1S/C19H19ClN4OS2/c1-12-7-8-15(9-13(12)2)21-18(25)22-19-24-23-17(27-19)11-26-10-14-5-3-4-6-16(14)20/h3-9H,10-11H2,1-2H3,(H2,21,22,24,25). The van der Waals surface area contributed by atoms with Crippen LogP contribution in [0.1, 0.15) is 21.7 Å². The Morgan fingerprint density at radius 3 is 2.67 bits per heavy atom. The van der Waals surface area contributed by atoms with E-state index in [0.717, 1.165) is 32.6 Å². The van der Waals surface area contributed by atoms with Crippen LogP contribution < -0.4 is 10.6 Å². The van der Waals surface area contributed by atoms with Crippen LogP contribution in [0.25, 0.3) is 0 Å². The zero-order valence-electron chi connectivity index (χ0n) is 15.0. The molecule has 2 amide bonds. The summed E-state index contributed by atoms with van der Waals surface area (Å²) >= 11 is 9.23. The third-order valence-corrected chi connectivity index (χ3v) is 6.28. The fraction of sp³-hybridized carbons (Fsp3) is 0.211. The SMILES string of the molecule is Cc1ccc(NC(=O)Nc2nnc(CSCc3ccccc3Cl)s2)cc1C. The van der Waals surface area contributed by atoms with Gasteiger partial charge < -0.3 is 5.32 Å². The summed E-state index contributed by atoms with van der Waals surface area (Å²) in [5.41, 5.74) is 4.15. The summed E-state index contributed by atoms with van der Waals surface area (Å²) in [6, 6.07) is 13.3. The number of nitrogens with one attached hydrogen (secondary N) is 2. The zero-order valence-corrected chi connectivity index (χ0v) is 17.3. The van der Waals surface area contributed by atoms with Crippen LogP contribution in [0.4, 0.5) is 15.6 Å². The van der Waals surface area contributed by atoms with Crippen LogP contribution in [-0.2, 0) is 11.5 Å². The smallest absolute Gasteiger partial charge is 0.308 e. The normalized spacial score (nSPS) is 10.6. The van der Waals surface area contributed by atoms with Crippen molar-refractivity contribution >= 4 is 51.5 Å². The van der Waals surface area contributed by atoms with Gasteiger partial charge >= 0.3 is 6.03 Å². The molecule has 0 spiro atoms. The van der Waals surface area contributed by atoms with E-state index in [4.69, 9.17) is 11.6 Å². The highest BCUT2D eigenvalue weighted by Gasteiger charge is 2.09. The maximum Gasteiger partial charge on any atom is 0.325 e. The number of hydrogen-bond acceptors (Lipinski definition) is 5. The molecule has 0 atom stereocenters. The highest BCUT2D eigenvalue weighted by molar-refractivity contribution is 7.97. The highest BCUT2D eigenvalue weighted by atomic mass is 35.5. The molecular weight excluding hydrogens is 400 g/mol. The number of anilines is 2. The number of urea groups is 1. The van der Waals surface area contributed by atoms with Crippen LogP contribution in [0.15, 0.2) is 42.5 Å². The quantitative estimate of drug-likeness (QED) is 0.524. The minimum absolute atomic E-state index is 0.329. The van der Waals surface area contributed by atoms with E-state index >= 15 is 0 Å². The lowest BCUT2D eigenvalue weighted by Crippen LogP contribution is -2.19. The van der Waals surface area contributed by atoms with Crippen LogP contribution in [0.3, 0.4) is 0 Å². The number of nitrogens with zero attached hydrogens (tertiary/aromatic N) is 2. The molecule has 0 bridgehead atoms. The van der Waals surface area contributed by atoms with Crippen molar-refractivity contribution in [3.8, 4) is 0 Å². The minimum atomic E-state index is -0.329. The molecule has 0 aliphatic carbocycles. The number of thioether (sulfide) groups is 1. The van der Waals surface area contributed by atoms with E-state index < -0.39 is 0 Å².